The highest BCUT2D eigenvalue weighted by molar-refractivity contribution is 5.95. The highest BCUT2D eigenvalue weighted by Gasteiger charge is 2.21. The van der Waals surface area contributed by atoms with Crippen LogP contribution < -0.4 is 10.6 Å². The molecule has 21 heavy (non-hydrogen) atoms. The average molecular weight is 290 g/mol. The smallest absolute Gasteiger partial charge is 0.247 e. The average Bonchev–Trinajstić information content (AvgIpc) is 3.14. The van der Waals surface area contributed by atoms with Gasteiger partial charge in [-0.25, -0.2) is 0 Å². The lowest BCUT2D eigenvalue weighted by Crippen LogP contribution is -2.47. The van der Waals surface area contributed by atoms with Gasteiger partial charge in [-0.05, 0) is 44.4 Å². The first kappa shape index (κ1) is 15.8. The fraction of sp³-hybridized carbons (Fsp3) is 0.647. The van der Waals surface area contributed by atoms with Gasteiger partial charge in [0.05, 0.1) is 0 Å². The molecule has 2 rings (SSSR count). The third kappa shape index (κ3) is 4.45. The van der Waals surface area contributed by atoms with Crippen LogP contribution in [-0.2, 0) is 9.59 Å². The quantitative estimate of drug-likeness (QED) is 0.789. The van der Waals surface area contributed by atoms with Gasteiger partial charge in [0.1, 0.15) is 0 Å². The predicted octanol–water partition coefficient (Wildman–Crippen LogP) is 2.46. The molecule has 0 heterocycles. The van der Waals surface area contributed by atoms with E-state index in [1.807, 2.05) is 12.2 Å². The molecule has 2 amide bonds. The Hall–Kier alpha value is -1.58. The maximum absolute atomic E-state index is 12.2. The van der Waals surface area contributed by atoms with Crippen LogP contribution in [0.2, 0.25) is 0 Å². The van der Waals surface area contributed by atoms with Gasteiger partial charge in [0.25, 0.3) is 0 Å². The van der Waals surface area contributed by atoms with Gasteiger partial charge in [-0.15, -0.1) is 0 Å². The van der Waals surface area contributed by atoms with Crippen LogP contribution in [0.1, 0.15) is 52.4 Å². The van der Waals surface area contributed by atoms with Crippen molar-refractivity contribution in [2.24, 2.45) is 5.92 Å². The summed E-state index contributed by atoms with van der Waals surface area (Å²) in [5, 5.41) is 6.02. The summed E-state index contributed by atoms with van der Waals surface area (Å²) in [4.78, 5) is 24.2. The van der Waals surface area contributed by atoms with Crippen molar-refractivity contribution in [3.63, 3.8) is 0 Å². The molecule has 0 bridgehead atoms. The molecule has 1 atom stereocenters. The summed E-state index contributed by atoms with van der Waals surface area (Å²) in [6.07, 6.45) is 9.92. The van der Waals surface area contributed by atoms with E-state index in [9.17, 15) is 9.59 Å². The number of nitrogens with one attached hydrogen (secondary N) is 2. The number of allylic oxidation sites excluding steroid dienone is 2. The summed E-state index contributed by atoms with van der Waals surface area (Å²) < 4.78 is 0. The van der Waals surface area contributed by atoms with Crippen LogP contribution in [0.4, 0.5) is 0 Å². The Morgan fingerprint density at radius 3 is 2.10 bits per heavy atom. The van der Waals surface area contributed by atoms with Crippen molar-refractivity contribution in [2.75, 3.05) is 6.54 Å². The summed E-state index contributed by atoms with van der Waals surface area (Å²) in [5.41, 5.74) is 1.79. The van der Waals surface area contributed by atoms with E-state index in [4.69, 9.17) is 0 Å². The van der Waals surface area contributed by atoms with Crippen LogP contribution in [-0.4, -0.2) is 24.4 Å². The second-order valence-corrected chi connectivity index (χ2v) is 6.28. The number of hydrogen-bond donors (Lipinski definition) is 2. The minimum Gasteiger partial charge on any atom is -0.350 e. The van der Waals surface area contributed by atoms with E-state index in [0.717, 1.165) is 49.7 Å². The van der Waals surface area contributed by atoms with Crippen LogP contribution in [0.3, 0.4) is 0 Å². The Morgan fingerprint density at radius 2 is 1.62 bits per heavy atom. The maximum atomic E-state index is 12.2. The summed E-state index contributed by atoms with van der Waals surface area (Å²) in [7, 11) is 0. The molecule has 1 unspecified atom stereocenters. The van der Waals surface area contributed by atoms with E-state index in [-0.39, 0.29) is 23.8 Å². The summed E-state index contributed by atoms with van der Waals surface area (Å²) in [6, 6.07) is -0.0232. The lowest BCUT2D eigenvalue weighted by Gasteiger charge is -2.23. The fourth-order valence-electron chi connectivity index (χ4n) is 2.78. The van der Waals surface area contributed by atoms with Gasteiger partial charge in [-0.3, -0.25) is 9.59 Å². The van der Waals surface area contributed by atoms with E-state index in [1.165, 1.54) is 0 Å². The van der Waals surface area contributed by atoms with Crippen molar-refractivity contribution in [3.8, 4) is 0 Å². The molecule has 0 saturated carbocycles. The number of hydrogen-bond acceptors (Lipinski definition) is 2. The normalized spacial score (nSPS) is 19.2. The van der Waals surface area contributed by atoms with Crippen molar-refractivity contribution in [2.45, 2.75) is 58.4 Å². The Labute approximate surface area is 127 Å². The van der Waals surface area contributed by atoms with Crippen LogP contribution in [0.5, 0.6) is 0 Å². The number of amides is 2. The molecular weight excluding hydrogens is 264 g/mol. The van der Waals surface area contributed by atoms with Gasteiger partial charge < -0.3 is 10.6 Å². The maximum Gasteiger partial charge on any atom is 0.247 e. The topological polar surface area (TPSA) is 58.2 Å². The Morgan fingerprint density at radius 1 is 1.05 bits per heavy atom. The Kier molecular flexibility index (Phi) is 5.59. The van der Waals surface area contributed by atoms with Gasteiger partial charge in [-0.2, -0.15) is 0 Å². The summed E-state index contributed by atoms with van der Waals surface area (Å²) in [5.74, 6) is 0.335. The van der Waals surface area contributed by atoms with Crippen molar-refractivity contribution in [1.82, 2.24) is 10.6 Å². The third-order valence-corrected chi connectivity index (χ3v) is 4.27. The first-order valence-corrected chi connectivity index (χ1v) is 8.05. The van der Waals surface area contributed by atoms with Crippen LogP contribution in [0, 0.1) is 5.92 Å². The molecule has 2 N–H and O–H groups in total. The molecule has 0 spiro atoms. The third-order valence-electron chi connectivity index (χ3n) is 4.27. The Bertz CT molecular complexity index is 463. The molecule has 116 valence electrons. The zero-order valence-corrected chi connectivity index (χ0v) is 13.1. The SMILES string of the molecule is CC(C)C(CNC(=O)C1=CCCC1)NC(=O)C1=CCCC1. The van der Waals surface area contributed by atoms with Gasteiger partial charge in [0.15, 0.2) is 0 Å². The predicted molar refractivity (Wildman–Crippen MR) is 83.6 cm³/mol. The van der Waals surface area contributed by atoms with Crippen molar-refractivity contribution >= 4 is 11.8 Å². The number of rotatable bonds is 6. The molecule has 0 aromatic carbocycles. The first-order chi connectivity index (χ1) is 10.1. The van der Waals surface area contributed by atoms with Crippen LogP contribution >= 0.6 is 0 Å². The molecule has 0 aliphatic heterocycles. The van der Waals surface area contributed by atoms with Gasteiger partial charge in [0.2, 0.25) is 11.8 Å². The summed E-state index contributed by atoms with van der Waals surface area (Å²) >= 11 is 0. The molecule has 4 nitrogen and oxygen atoms in total. The zero-order chi connectivity index (χ0) is 15.2. The molecule has 0 radical (unpaired) electrons. The second kappa shape index (κ2) is 7.43. The lowest BCUT2D eigenvalue weighted by atomic mass is 10.0. The fourth-order valence-corrected chi connectivity index (χ4v) is 2.78. The molecule has 0 aromatic heterocycles. The van der Waals surface area contributed by atoms with E-state index in [1.54, 1.807) is 0 Å². The lowest BCUT2D eigenvalue weighted by molar-refractivity contribution is -0.120. The second-order valence-electron chi connectivity index (χ2n) is 6.28. The van der Waals surface area contributed by atoms with Crippen molar-refractivity contribution < 1.29 is 9.59 Å². The number of carbonyl (C=O) groups is 2. The first-order valence-electron chi connectivity index (χ1n) is 8.05. The monoisotopic (exact) mass is 290 g/mol. The minimum atomic E-state index is -0.0232. The van der Waals surface area contributed by atoms with Crippen molar-refractivity contribution in [3.05, 3.63) is 23.3 Å². The van der Waals surface area contributed by atoms with Gasteiger partial charge in [0, 0.05) is 23.7 Å². The van der Waals surface area contributed by atoms with Gasteiger partial charge >= 0.3 is 0 Å². The molecule has 2 aliphatic rings. The molecule has 0 saturated heterocycles. The minimum absolute atomic E-state index is 0.0208. The van der Waals surface area contributed by atoms with E-state index < -0.39 is 0 Å². The van der Waals surface area contributed by atoms with E-state index >= 15 is 0 Å². The van der Waals surface area contributed by atoms with Crippen LogP contribution in [0.15, 0.2) is 23.3 Å². The standard InChI is InChI=1S/C17H26N2O2/c1-12(2)15(19-17(21)14-9-5-6-10-14)11-18-16(20)13-7-3-4-8-13/h7,9,12,15H,3-6,8,10-11H2,1-2H3,(H,18,20)(H,19,21). The molecular formula is C17H26N2O2. The van der Waals surface area contributed by atoms with Crippen LogP contribution in [0.25, 0.3) is 0 Å². The molecule has 4 heteroatoms. The highest BCUT2D eigenvalue weighted by Crippen LogP contribution is 2.19. The van der Waals surface area contributed by atoms with Gasteiger partial charge in [-0.1, -0.05) is 26.0 Å². The summed E-state index contributed by atoms with van der Waals surface area (Å²) in [6.45, 7) is 4.62. The van der Waals surface area contributed by atoms with E-state index in [0.29, 0.717) is 6.54 Å². The van der Waals surface area contributed by atoms with Crippen molar-refractivity contribution in [1.29, 1.82) is 0 Å². The Balaban J connectivity index is 1.84. The molecule has 2 aliphatic carbocycles. The highest BCUT2D eigenvalue weighted by atomic mass is 16.2. The van der Waals surface area contributed by atoms with E-state index in [2.05, 4.69) is 24.5 Å². The molecule has 0 fully saturated rings. The largest absolute Gasteiger partial charge is 0.350 e. The zero-order valence-electron chi connectivity index (χ0n) is 13.1. The number of carbonyl (C=O) groups excluding carboxylic acids is 2. The molecule has 0 aromatic rings.